The summed E-state index contributed by atoms with van der Waals surface area (Å²) in [4.78, 5) is 0. The van der Waals surface area contributed by atoms with Crippen molar-refractivity contribution in [2.45, 2.75) is 19.8 Å². The molecule has 0 fully saturated rings. The number of aryl methyl sites for hydroxylation is 1. The van der Waals surface area contributed by atoms with Gasteiger partial charge in [-0.2, -0.15) is 0 Å². The van der Waals surface area contributed by atoms with Crippen molar-refractivity contribution in [3.63, 3.8) is 0 Å². The first-order chi connectivity index (χ1) is 5.74. The third-order valence-corrected chi connectivity index (χ3v) is 1.82. The van der Waals surface area contributed by atoms with E-state index in [1.807, 2.05) is 12.1 Å². The molecule has 66 valence electrons. The van der Waals surface area contributed by atoms with Gasteiger partial charge in [0.25, 0.3) is 0 Å². The van der Waals surface area contributed by atoms with E-state index in [1.54, 1.807) is 12.1 Å². The lowest BCUT2D eigenvalue weighted by atomic mass is 9.80. The summed E-state index contributed by atoms with van der Waals surface area (Å²) < 4.78 is 0. The Hall–Kier alpha value is -0.0288. The Kier molecular flexibility index (Phi) is 6.41. The molecule has 0 amide bonds. The molecule has 0 bridgehead atoms. The molecule has 0 aliphatic carbocycles. The molecule has 2 nitrogen and oxygen atoms in total. The second kappa shape index (κ2) is 6.43. The van der Waals surface area contributed by atoms with E-state index in [0.29, 0.717) is 5.46 Å². The van der Waals surface area contributed by atoms with Crippen LogP contribution in [0.15, 0.2) is 24.3 Å². The summed E-state index contributed by atoms with van der Waals surface area (Å²) in [6, 6.07) is 7.35. The van der Waals surface area contributed by atoms with E-state index in [9.17, 15) is 0 Å². The fraction of sp³-hybridized carbons (Fsp3) is 0.333. The second-order valence-corrected chi connectivity index (χ2v) is 2.87. The highest BCUT2D eigenvalue weighted by Gasteiger charge is 2.08. The SMILES string of the molecule is CCCc1ccc(B(O)O)cc1.[Mg]. The monoisotopic (exact) mass is 188 g/mol. The molecular weight excluding hydrogens is 175 g/mol. The lowest BCUT2D eigenvalue weighted by Gasteiger charge is -2.01. The van der Waals surface area contributed by atoms with E-state index in [4.69, 9.17) is 10.0 Å². The molecule has 0 atom stereocenters. The molecular formula is C9H13BMgO2. The van der Waals surface area contributed by atoms with Crippen molar-refractivity contribution in [1.82, 2.24) is 0 Å². The molecule has 0 aromatic heterocycles. The highest BCUT2D eigenvalue weighted by molar-refractivity contribution is 6.58. The Morgan fingerprint density at radius 1 is 1.15 bits per heavy atom. The fourth-order valence-electron chi connectivity index (χ4n) is 1.15. The fourth-order valence-corrected chi connectivity index (χ4v) is 1.15. The Bertz CT molecular complexity index is 236. The second-order valence-electron chi connectivity index (χ2n) is 2.87. The Morgan fingerprint density at radius 2 is 1.69 bits per heavy atom. The Balaban J connectivity index is 0.00000144. The lowest BCUT2D eigenvalue weighted by molar-refractivity contribution is 0.426. The van der Waals surface area contributed by atoms with Crippen LogP contribution in [0.5, 0.6) is 0 Å². The molecule has 0 aliphatic heterocycles. The van der Waals surface area contributed by atoms with Gasteiger partial charge in [0.15, 0.2) is 0 Å². The van der Waals surface area contributed by atoms with Gasteiger partial charge in [0.1, 0.15) is 0 Å². The van der Waals surface area contributed by atoms with Crippen LogP contribution in [0.25, 0.3) is 0 Å². The molecule has 13 heavy (non-hydrogen) atoms. The Labute approximate surface area is 95.3 Å². The van der Waals surface area contributed by atoms with Gasteiger partial charge in [-0.15, -0.1) is 0 Å². The van der Waals surface area contributed by atoms with Crippen molar-refractivity contribution < 1.29 is 10.0 Å². The van der Waals surface area contributed by atoms with E-state index in [-0.39, 0.29) is 23.1 Å². The zero-order chi connectivity index (χ0) is 8.97. The number of benzene rings is 1. The summed E-state index contributed by atoms with van der Waals surface area (Å²) in [5.41, 5.74) is 1.79. The van der Waals surface area contributed by atoms with Crippen LogP contribution in [0.2, 0.25) is 0 Å². The molecule has 2 radical (unpaired) electrons. The molecule has 0 saturated heterocycles. The quantitative estimate of drug-likeness (QED) is 0.652. The third-order valence-electron chi connectivity index (χ3n) is 1.82. The van der Waals surface area contributed by atoms with Crippen molar-refractivity contribution in [2.24, 2.45) is 0 Å². The van der Waals surface area contributed by atoms with Gasteiger partial charge in [0.05, 0.1) is 0 Å². The lowest BCUT2D eigenvalue weighted by Crippen LogP contribution is -2.29. The molecule has 0 spiro atoms. The van der Waals surface area contributed by atoms with Gasteiger partial charge >= 0.3 is 7.12 Å². The standard InChI is InChI=1S/C9H13BO2.Mg/c1-2-3-8-4-6-9(7-5-8)10(11)12;/h4-7,11-12H,2-3H2,1H3;. The van der Waals surface area contributed by atoms with Crippen LogP contribution in [0.1, 0.15) is 18.9 Å². The van der Waals surface area contributed by atoms with Gasteiger partial charge in [-0.3, -0.25) is 0 Å². The zero-order valence-corrected chi connectivity index (χ0v) is 9.32. The van der Waals surface area contributed by atoms with Crippen LogP contribution >= 0.6 is 0 Å². The van der Waals surface area contributed by atoms with Gasteiger partial charge in [-0.1, -0.05) is 37.6 Å². The van der Waals surface area contributed by atoms with Crippen LogP contribution in [0, 0.1) is 0 Å². The van der Waals surface area contributed by atoms with Crippen molar-refractivity contribution in [3.05, 3.63) is 29.8 Å². The first-order valence-corrected chi connectivity index (χ1v) is 4.19. The largest absolute Gasteiger partial charge is 0.488 e. The summed E-state index contributed by atoms with van der Waals surface area (Å²) >= 11 is 0. The van der Waals surface area contributed by atoms with E-state index in [0.717, 1.165) is 12.8 Å². The van der Waals surface area contributed by atoms with Crippen LogP contribution in [-0.2, 0) is 6.42 Å². The third kappa shape index (κ3) is 4.13. The van der Waals surface area contributed by atoms with E-state index in [2.05, 4.69) is 6.92 Å². The maximum absolute atomic E-state index is 8.80. The van der Waals surface area contributed by atoms with Crippen molar-refractivity contribution >= 4 is 35.6 Å². The molecule has 0 unspecified atom stereocenters. The van der Waals surface area contributed by atoms with E-state index >= 15 is 0 Å². The number of hydrogen-bond donors (Lipinski definition) is 2. The molecule has 4 heteroatoms. The normalized spacial score (nSPS) is 9.15. The zero-order valence-electron chi connectivity index (χ0n) is 7.90. The van der Waals surface area contributed by atoms with Crippen LogP contribution in [0.3, 0.4) is 0 Å². The maximum atomic E-state index is 8.80. The maximum Gasteiger partial charge on any atom is 0.488 e. The summed E-state index contributed by atoms with van der Waals surface area (Å²) in [5.74, 6) is 0. The summed E-state index contributed by atoms with van der Waals surface area (Å²) in [5, 5.41) is 17.6. The van der Waals surface area contributed by atoms with E-state index in [1.165, 1.54) is 5.56 Å². The molecule has 2 N–H and O–H groups in total. The first kappa shape index (κ1) is 13.0. The van der Waals surface area contributed by atoms with Crippen molar-refractivity contribution in [3.8, 4) is 0 Å². The van der Waals surface area contributed by atoms with Crippen molar-refractivity contribution in [1.29, 1.82) is 0 Å². The van der Waals surface area contributed by atoms with Crippen LogP contribution in [-0.4, -0.2) is 40.2 Å². The summed E-state index contributed by atoms with van der Waals surface area (Å²) in [7, 11) is -1.35. The molecule has 1 rings (SSSR count). The number of rotatable bonds is 3. The molecule has 0 saturated carbocycles. The average Bonchev–Trinajstić information content (AvgIpc) is 2.06. The van der Waals surface area contributed by atoms with Crippen molar-refractivity contribution in [2.75, 3.05) is 0 Å². The highest BCUT2D eigenvalue weighted by Crippen LogP contribution is 2.00. The predicted molar refractivity (Wildman–Crippen MR) is 56.0 cm³/mol. The minimum atomic E-state index is -1.35. The van der Waals surface area contributed by atoms with Crippen LogP contribution < -0.4 is 5.46 Å². The highest BCUT2D eigenvalue weighted by atomic mass is 24.3. The summed E-state index contributed by atoms with van der Waals surface area (Å²) in [6.07, 6.45) is 2.16. The molecule has 1 aromatic carbocycles. The average molecular weight is 188 g/mol. The van der Waals surface area contributed by atoms with Gasteiger partial charge in [-0.05, 0) is 17.4 Å². The van der Waals surface area contributed by atoms with Gasteiger partial charge in [0.2, 0.25) is 0 Å². The minimum absolute atomic E-state index is 0. The molecule has 0 aliphatic rings. The summed E-state index contributed by atoms with van der Waals surface area (Å²) in [6.45, 7) is 2.12. The van der Waals surface area contributed by atoms with E-state index < -0.39 is 7.12 Å². The molecule has 1 aromatic rings. The predicted octanol–water partition coefficient (Wildman–Crippen LogP) is -0.0619. The topological polar surface area (TPSA) is 40.5 Å². The van der Waals surface area contributed by atoms with Gasteiger partial charge in [-0.25, -0.2) is 0 Å². The van der Waals surface area contributed by atoms with Gasteiger partial charge < -0.3 is 10.0 Å². The molecule has 0 heterocycles. The van der Waals surface area contributed by atoms with Gasteiger partial charge in [0, 0.05) is 23.1 Å². The minimum Gasteiger partial charge on any atom is -0.423 e. The van der Waals surface area contributed by atoms with Crippen LogP contribution in [0.4, 0.5) is 0 Å². The smallest absolute Gasteiger partial charge is 0.423 e. The first-order valence-electron chi connectivity index (χ1n) is 4.19. The Morgan fingerprint density at radius 3 is 2.08 bits per heavy atom. The number of hydrogen-bond acceptors (Lipinski definition) is 2.